The van der Waals surface area contributed by atoms with Crippen molar-refractivity contribution >= 4 is 11.7 Å². The van der Waals surface area contributed by atoms with Crippen molar-refractivity contribution in [3.63, 3.8) is 0 Å². The van der Waals surface area contributed by atoms with Gasteiger partial charge in [-0.2, -0.15) is 0 Å². The zero-order chi connectivity index (χ0) is 11.3. The highest BCUT2D eigenvalue weighted by atomic mass is 16.4. The fourth-order valence-electron chi connectivity index (χ4n) is 0.898. The summed E-state index contributed by atoms with van der Waals surface area (Å²) in [5.41, 5.74) is 1.70. The van der Waals surface area contributed by atoms with Gasteiger partial charge in [0.1, 0.15) is 0 Å². The molecular weight excluding hydrogens is 178 g/mol. The van der Waals surface area contributed by atoms with Gasteiger partial charge >= 0.3 is 5.97 Å². The molecule has 0 rings (SSSR count). The van der Waals surface area contributed by atoms with Crippen molar-refractivity contribution < 1.29 is 9.90 Å². The van der Waals surface area contributed by atoms with Gasteiger partial charge in [-0.1, -0.05) is 6.58 Å². The number of aliphatic carboxylic acids is 1. The largest absolute Gasteiger partial charge is 0.478 e. The summed E-state index contributed by atoms with van der Waals surface area (Å²) in [6.07, 6.45) is 1.53. The van der Waals surface area contributed by atoms with E-state index in [2.05, 4.69) is 11.6 Å². The highest BCUT2D eigenvalue weighted by Crippen LogP contribution is 2.04. The molecule has 0 aliphatic heterocycles. The van der Waals surface area contributed by atoms with Crippen LogP contribution in [-0.2, 0) is 4.79 Å². The lowest BCUT2D eigenvalue weighted by Gasteiger charge is -2.03. The molecule has 0 aliphatic rings. The van der Waals surface area contributed by atoms with Gasteiger partial charge in [0.05, 0.1) is 0 Å². The first-order chi connectivity index (χ1) is 6.34. The molecule has 0 bridgehead atoms. The lowest BCUT2D eigenvalue weighted by molar-refractivity contribution is -0.132. The normalized spacial score (nSPS) is 13.2. The van der Waals surface area contributed by atoms with Crippen molar-refractivity contribution in [3.8, 4) is 0 Å². The van der Waals surface area contributed by atoms with Crippen LogP contribution in [0.1, 0.15) is 27.7 Å². The van der Waals surface area contributed by atoms with E-state index in [0.717, 1.165) is 5.71 Å². The Bertz CT molecular complexity index is 298. The molecule has 0 spiro atoms. The number of carboxylic acids is 1. The van der Waals surface area contributed by atoms with Gasteiger partial charge < -0.3 is 5.11 Å². The third-order valence-corrected chi connectivity index (χ3v) is 1.64. The van der Waals surface area contributed by atoms with E-state index in [1.165, 1.54) is 13.0 Å². The van der Waals surface area contributed by atoms with E-state index in [1.54, 1.807) is 0 Å². The highest BCUT2D eigenvalue weighted by Gasteiger charge is 2.02. The maximum atomic E-state index is 10.5. The first-order valence-corrected chi connectivity index (χ1v) is 4.50. The summed E-state index contributed by atoms with van der Waals surface area (Å²) < 4.78 is 0. The molecule has 1 N–H and O–H groups in total. The molecule has 78 valence electrons. The maximum absolute atomic E-state index is 10.5. The fraction of sp³-hybridized carbons (Fsp3) is 0.455. The Hall–Kier alpha value is -1.38. The summed E-state index contributed by atoms with van der Waals surface area (Å²) in [6.45, 7) is 11.1. The number of hydrogen-bond donors (Lipinski definition) is 1. The molecule has 0 saturated heterocycles. The van der Waals surface area contributed by atoms with Crippen molar-refractivity contribution in [2.24, 2.45) is 4.99 Å². The number of aliphatic imine (C=N–C) groups is 1. The van der Waals surface area contributed by atoms with E-state index in [1.807, 2.05) is 20.8 Å². The molecule has 0 aromatic rings. The molecule has 0 amide bonds. The van der Waals surface area contributed by atoms with Crippen LogP contribution < -0.4 is 0 Å². The van der Waals surface area contributed by atoms with Gasteiger partial charge in [-0.05, 0) is 39.3 Å². The number of nitrogens with zero attached hydrogens (tertiary/aromatic N) is 1. The van der Waals surface area contributed by atoms with Crippen LogP contribution in [0.25, 0.3) is 0 Å². The van der Waals surface area contributed by atoms with Gasteiger partial charge in [-0.25, -0.2) is 4.79 Å². The van der Waals surface area contributed by atoms with Crippen LogP contribution in [-0.4, -0.2) is 22.8 Å². The number of carbonyl (C=O) groups is 1. The van der Waals surface area contributed by atoms with Gasteiger partial charge in [0.2, 0.25) is 0 Å². The third-order valence-electron chi connectivity index (χ3n) is 1.64. The van der Waals surface area contributed by atoms with Crippen molar-refractivity contribution in [2.75, 3.05) is 0 Å². The van der Waals surface area contributed by atoms with Crippen LogP contribution in [0.4, 0.5) is 0 Å². The van der Waals surface area contributed by atoms with Crippen molar-refractivity contribution in [1.82, 2.24) is 0 Å². The smallest absolute Gasteiger partial charge is 0.331 e. The minimum absolute atomic E-state index is 0.199. The predicted molar refractivity (Wildman–Crippen MR) is 58.8 cm³/mol. The molecule has 0 atom stereocenters. The Morgan fingerprint density at radius 1 is 1.43 bits per heavy atom. The van der Waals surface area contributed by atoms with Gasteiger partial charge in [0.25, 0.3) is 0 Å². The van der Waals surface area contributed by atoms with E-state index in [-0.39, 0.29) is 11.6 Å². The number of hydrogen-bond acceptors (Lipinski definition) is 2. The first-order valence-electron chi connectivity index (χ1n) is 4.50. The second-order valence-corrected chi connectivity index (χ2v) is 3.47. The van der Waals surface area contributed by atoms with Gasteiger partial charge in [-0.3, -0.25) is 4.99 Å². The summed E-state index contributed by atoms with van der Waals surface area (Å²) in [5, 5.41) is 8.65. The molecule has 3 nitrogen and oxygen atoms in total. The molecule has 0 aliphatic carbocycles. The third kappa shape index (κ3) is 4.60. The number of rotatable bonds is 4. The van der Waals surface area contributed by atoms with Crippen molar-refractivity contribution in [1.29, 1.82) is 0 Å². The summed E-state index contributed by atoms with van der Waals surface area (Å²) in [7, 11) is 0. The second kappa shape index (κ2) is 5.37. The highest BCUT2D eigenvalue weighted by molar-refractivity contribution is 6.02. The average molecular weight is 195 g/mol. The Kier molecular flexibility index (Phi) is 4.84. The molecule has 3 heteroatoms. The zero-order valence-corrected chi connectivity index (χ0v) is 9.16. The number of allylic oxidation sites excluding steroid dienone is 2. The average Bonchev–Trinajstić information content (AvgIpc) is 2.02. The Morgan fingerprint density at radius 2 is 1.93 bits per heavy atom. The lowest BCUT2D eigenvalue weighted by Crippen LogP contribution is -2.02. The topological polar surface area (TPSA) is 49.7 Å². The zero-order valence-electron chi connectivity index (χ0n) is 9.16. The van der Waals surface area contributed by atoms with Gasteiger partial charge in [0.15, 0.2) is 0 Å². The van der Waals surface area contributed by atoms with E-state index < -0.39 is 5.97 Å². The maximum Gasteiger partial charge on any atom is 0.331 e. The molecule has 0 heterocycles. The van der Waals surface area contributed by atoms with E-state index in [0.29, 0.717) is 5.57 Å². The second-order valence-electron chi connectivity index (χ2n) is 3.47. The Balaban J connectivity index is 4.66. The molecule has 0 unspecified atom stereocenters. The van der Waals surface area contributed by atoms with Crippen LogP contribution >= 0.6 is 0 Å². The van der Waals surface area contributed by atoms with Crippen LogP contribution in [0.5, 0.6) is 0 Å². The number of carboxylic acid groups (broad SMARTS) is 1. The predicted octanol–water partition coefficient (Wildman–Crippen LogP) is 2.44. The minimum Gasteiger partial charge on any atom is -0.478 e. The quantitative estimate of drug-likeness (QED) is 0.425. The lowest BCUT2D eigenvalue weighted by atomic mass is 10.1. The van der Waals surface area contributed by atoms with E-state index in [4.69, 9.17) is 5.11 Å². The Morgan fingerprint density at radius 3 is 2.29 bits per heavy atom. The summed E-state index contributed by atoms with van der Waals surface area (Å²) in [5.74, 6) is -0.927. The summed E-state index contributed by atoms with van der Waals surface area (Å²) in [4.78, 5) is 14.8. The molecule has 0 fully saturated rings. The molecule has 0 aromatic heterocycles. The summed E-state index contributed by atoms with van der Waals surface area (Å²) in [6, 6.07) is 0.199. The van der Waals surface area contributed by atoms with Gasteiger partial charge in [0, 0.05) is 17.3 Å². The van der Waals surface area contributed by atoms with Crippen molar-refractivity contribution in [2.45, 2.75) is 33.7 Å². The van der Waals surface area contributed by atoms with Gasteiger partial charge in [-0.15, -0.1) is 0 Å². The SMILES string of the molecule is C=C(C=C(C)C(=O)O)C(C)=NC(C)C. The first kappa shape index (κ1) is 12.6. The molecular formula is C11H17NO2. The van der Waals surface area contributed by atoms with E-state index in [9.17, 15) is 4.79 Å². The van der Waals surface area contributed by atoms with Crippen LogP contribution in [0, 0.1) is 0 Å². The standard InChI is InChI=1S/C11H17NO2/c1-7(2)12-10(5)8(3)6-9(4)11(13)14/h6-7H,3H2,1-2,4-5H3,(H,13,14). The minimum atomic E-state index is -0.927. The van der Waals surface area contributed by atoms with Crippen LogP contribution in [0.15, 0.2) is 28.8 Å². The van der Waals surface area contributed by atoms with Crippen LogP contribution in [0.3, 0.4) is 0 Å². The summed E-state index contributed by atoms with van der Waals surface area (Å²) >= 11 is 0. The monoisotopic (exact) mass is 195 g/mol. The Labute approximate surface area is 84.9 Å². The van der Waals surface area contributed by atoms with E-state index >= 15 is 0 Å². The molecule has 0 radical (unpaired) electrons. The molecule has 14 heavy (non-hydrogen) atoms. The molecule has 0 saturated carbocycles. The van der Waals surface area contributed by atoms with Crippen LogP contribution in [0.2, 0.25) is 0 Å². The van der Waals surface area contributed by atoms with Crippen molar-refractivity contribution in [3.05, 3.63) is 23.8 Å². The fourth-order valence-corrected chi connectivity index (χ4v) is 0.898. The molecule has 0 aromatic carbocycles.